The van der Waals surface area contributed by atoms with Gasteiger partial charge in [-0.15, -0.1) is 0 Å². The maximum Gasteiger partial charge on any atom is 0.241 e. The number of rotatable bonds is 5. The van der Waals surface area contributed by atoms with Gasteiger partial charge in [-0.1, -0.05) is 0 Å². The van der Waals surface area contributed by atoms with Gasteiger partial charge in [-0.05, 0) is 38.5 Å². The molecule has 5 nitrogen and oxygen atoms in total. The van der Waals surface area contributed by atoms with Gasteiger partial charge in [0.25, 0.3) is 0 Å². The van der Waals surface area contributed by atoms with Gasteiger partial charge in [0, 0.05) is 26.1 Å². The van der Waals surface area contributed by atoms with Crippen molar-refractivity contribution in [3.05, 3.63) is 0 Å². The minimum atomic E-state index is -0.0449. The van der Waals surface area contributed by atoms with Gasteiger partial charge in [0.1, 0.15) is 0 Å². The van der Waals surface area contributed by atoms with E-state index in [0.29, 0.717) is 24.9 Å². The van der Waals surface area contributed by atoms with Gasteiger partial charge in [0.2, 0.25) is 11.8 Å². The largest absolute Gasteiger partial charge is 0.347 e. The molecule has 0 unspecified atom stereocenters. The molecule has 0 atom stereocenters. The highest BCUT2D eigenvalue weighted by atomic mass is 16.2. The molecule has 0 aromatic carbocycles. The SMILES string of the molecule is CCN(C)C(=O)CNC(=O)CC1CCC(N)CC1. The number of carbonyl (C=O) groups is 2. The number of nitrogens with one attached hydrogen (secondary N) is 1. The monoisotopic (exact) mass is 255 g/mol. The van der Waals surface area contributed by atoms with Crippen molar-refractivity contribution in [3.63, 3.8) is 0 Å². The first-order valence-corrected chi connectivity index (χ1v) is 6.79. The van der Waals surface area contributed by atoms with Gasteiger partial charge in [0.05, 0.1) is 6.54 Å². The topological polar surface area (TPSA) is 75.4 Å². The molecule has 104 valence electrons. The molecule has 1 saturated carbocycles. The number of nitrogens with two attached hydrogens (primary N) is 1. The zero-order valence-electron chi connectivity index (χ0n) is 11.4. The molecule has 0 aromatic rings. The molecule has 5 heteroatoms. The lowest BCUT2D eigenvalue weighted by Gasteiger charge is -2.25. The molecule has 0 aliphatic heterocycles. The average Bonchev–Trinajstić information content (AvgIpc) is 2.37. The van der Waals surface area contributed by atoms with Crippen molar-refractivity contribution in [2.24, 2.45) is 11.7 Å². The van der Waals surface area contributed by atoms with Crippen LogP contribution in [-0.2, 0) is 9.59 Å². The zero-order chi connectivity index (χ0) is 13.5. The molecule has 0 aromatic heterocycles. The Balaban J connectivity index is 2.19. The second kappa shape index (κ2) is 7.36. The number of nitrogens with zero attached hydrogens (tertiary/aromatic N) is 1. The fourth-order valence-corrected chi connectivity index (χ4v) is 2.21. The predicted octanol–water partition coefficient (Wildman–Crippen LogP) is 0.489. The van der Waals surface area contributed by atoms with E-state index in [-0.39, 0.29) is 18.4 Å². The summed E-state index contributed by atoms with van der Waals surface area (Å²) in [5, 5.41) is 2.69. The Morgan fingerprint density at radius 1 is 1.28 bits per heavy atom. The van der Waals surface area contributed by atoms with Gasteiger partial charge in [-0.25, -0.2) is 0 Å². The summed E-state index contributed by atoms with van der Waals surface area (Å²) >= 11 is 0. The fraction of sp³-hybridized carbons (Fsp3) is 0.846. The third kappa shape index (κ3) is 5.04. The summed E-state index contributed by atoms with van der Waals surface area (Å²) in [6.45, 7) is 2.68. The van der Waals surface area contributed by atoms with Crippen molar-refractivity contribution in [3.8, 4) is 0 Å². The molecule has 0 spiro atoms. The van der Waals surface area contributed by atoms with E-state index in [2.05, 4.69) is 5.32 Å². The summed E-state index contributed by atoms with van der Waals surface area (Å²) in [7, 11) is 1.73. The molecular weight excluding hydrogens is 230 g/mol. The smallest absolute Gasteiger partial charge is 0.241 e. The van der Waals surface area contributed by atoms with Crippen molar-refractivity contribution in [2.45, 2.75) is 45.1 Å². The van der Waals surface area contributed by atoms with Crippen molar-refractivity contribution < 1.29 is 9.59 Å². The number of hydrogen-bond donors (Lipinski definition) is 2. The first kappa shape index (κ1) is 15.0. The minimum Gasteiger partial charge on any atom is -0.347 e. The van der Waals surface area contributed by atoms with Gasteiger partial charge in [-0.2, -0.15) is 0 Å². The Kier molecular flexibility index (Phi) is 6.12. The van der Waals surface area contributed by atoms with Crippen LogP contribution in [-0.4, -0.2) is 42.9 Å². The van der Waals surface area contributed by atoms with Crippen LogP contribution >= 0.6 is 0 Å². The van der Waals surface area contributed by atoms with Gasteiger partial charge >= 0.3 is 0 Å². The Morgan fingerprint density at radius 3 is 2.44 bits per heavy atom. The molecule has 0 heterocycles. The van der Waals surface area contributed by atoms with Crippen LogP contribution in [0.1, 0.15) is 39.0 Å². The van der Waals surface area contributed by atoms with Crippen LogP contribution in [0, 0.1) is 5.92 Å². The van der Waals surface area contributed by atoms with Crippen LogP contribution in [0.4, 0.5) is 0 Å². The lowest BCUT2D eigenvalue weighted by Crippen LogP contribution is -2.39. The second-order valence-corrected chi connectivity index (χ2v) is 5.17. The van der Waals surface area contributed by atoms with Crippen LogP contribution in [0.5, 0.6) is 0 Å². The van der Waals surface area contributed by atoms with Gasteiger partial charge in [-0.3, -0.25) is 9.59 Å². The Bertz CT molecular complexity index is 286. The standard InChI is InChI=1S/C13H25N3O2/c1-3-16(2)13(18)9-15-12(17)8-10-4-6-11(14)7-5-10/h10-11H,3-9,14H2,1-2H3,(H,15,17). The van der Waals surface area contributed by atoms with Crippen molar-refractivity contribution in [1.82, 2.24) is 10.2 Å². The lowest BCUT2D eigenvalue weighted by atomic mass is 9.84. The average molecular weight is 255 g/mol. The Hall–Kier alpha value is -1.10. The van der Waals surface area contributed by atoms with Crippen LogP contribution in [0.2, 0.25) is 0 Å². The van der Waals surface area contributed by atoms with E-state index in [4.69, 9.17) is 5.73 Å². The number of carbonyl (C=O) groups excluding carboxylic acids is 2. The summed E-state index contributed by atoms with van der Waals surface area (Å²) in [6, 6.07) is 0.309. The van der Waals surface area contributed by atoms with Gasteiger partial charge < -0.3 is 16.0 Å². The second-order valence-electron chi connectivity index (χ2n) is 5.17. The maximum absolute atomic E-state index is 11.7. The molecular formula is C13H25N3O2. The molecule has 0 bridgehead atoms. The van der Waals surface area contributed by atoms with E-state index in [1.807, 2.05) is 6.92 Å². The highest BCUT2D eigenvalue weighted by molar-refractivity contribution is 5.84. The van der Waals surface area contributed by atoms with Gasteiger partial charge in [0.15, 0.2) is 0 Å². The lowest BCUT2D eigenvalue weighted by molar-refractivity contribution is -0.132. The third-order valence-electron chi connectivity index (χ3n) is 3.70. The van der Waals surface area contributed by atoms with Crippen LogP contribution in [0.3, 0.4) is 0 Å². The van der Waals surface area contributed by atoms with Crippen molar-refractivity contribution in [2.75, 3.05) is 20.1 Å². The molecule has 1 aliphatic rings. The molecule has 3 N–H and O–H groups in total. The van der Waals surface area contributed by atoms with Crippen LogP contribution in [0.25, 0.3) is 0 Å². The van der Waals surface area contributed by atoms with Crippen LogP contribution in [0.15, 0.2) is 0 Å². The quantitative estimate of drug-likeness (QED) is 0.750. The number of likely N-dealkylation sites (N-methyl/N-ethyl adjacent to an activating group) is 1. The fourth-order valence-electron chi connectivity index (χ4n) is 2.21. The molecule has 1 fully saturated rings. The summed E-state index contributed by atoms with van der Waals surface area (Å²) in [6.07, 6.45) is 4.59. The molecule has 1 aliphatic carbocycles. The Morgan fingerprint density at radius 2 is 1.89 bits per heavy atom. The summed E-state index contributed by atoms with van der Waals surface area (Å²) in [5.41, 5.74) is 5.82. The highest BCUT2D eigenvalue weighted by Gasteiger charge is 2.21. The molecule has 2 amide bonds. The predicted molar refractivity (Wildman–Crippen MR) is 70.9 cm³/mol. The maximum atomic E-state index is 11.7. The Labute approximate surface area is 109 Å². The van der Waals surface area contributed by atoms with E-state index in [1.165, 1.54) is 0 Å². The molecule has 18 heavy (non-hydrogen) atoms. The first-order valence-electron chi connectivity index (χ1n) is 6.79. The summed E-state index contributed by atoms with van der Waals surface area (Å²) in [4.78, 5) is 24.8. The summed E-state index contributed by atoms with van der Waals surface area (Å²) < 4.78 is 0. The van der Waals surface area contributed by atoms with E-state index < -0.39 is 0 Å². The van der Waals surface area contributed by atoms with E-state index in [1.54, 1.807) is 11.9 Å². The molecule has 0 radical (unpaired) electrons. The number of amides is 2. The molecule has 0 saturated heterocycles. The molecule has 1 rings (SSSR count). The van der Waals surface area contributed by atoms with E-state index in [9.17, 15) is 9.59 Å². The first-order chi connectivity index (χ1) is 8.52. The normalized spacial score (nSPS) is 23.5. The van der Waals surface area contributed by atoms with E-state index in [0.717, 1.165) is 25.7 Å². The van der Waals surface area contributed by atoms with Crippen molar-refractivity contribution >= 4 is 11.8 Å². The number of hydrogen-bond acceptors (Lipinski definition) is 3. The minimum absolute atomic E-state index is 0.0201. The van der Waals surface area contributed by atoms with Crippen LogP contribution < -0.4 is 11.1 Å². The van der Waals surface area contributed by atoms with E-state index >= 15 is 0 Å². The summed E-state index contributed by atoms with van der Waals surface area (Å²) in [5.74, 6) is 0.369. The third-order valence-corrected chi connectivity index (χ3v) is 3.70. The highest BCUT2D eigenvalue weighted by Crippen LogP contribution is 2.25. The zero-order valence-corrected chi connectivity index (χ0v) is 11.4. The van der Waals surface area contributed by atoms with Crippen molar-refractivity contribution in [1.29, 1.82) is 0 Å².